The van der Waals surface area contributed by atoms with E-state index in [1.54, 1.807) is 6.33 Å². The Hall–Kier alpha value is -1.12. The minimum absolute atomic E-state index is 0.469. The van der Waals surface area contributed by atoms with Crippen molar-refractivity contribution in [2.24, 2.45) is 17.8 Å². The Kier molecular flexibility index (Phi) is 3.23. The second-order valence-corrected chi connectivity index (χ2v) is 6.30. The molecule has 1 N–H and O–H groups in total. The van der Waals surface area contributed by atoms with Gasteiger partial charge in [0.1, 0.15) is 12.1 Å². The van der Waals surface area contributed by atoms with Gasteiger partial charge in [-0.1, -0.05) is 20.3 Å². The Morgan fingerprint density at radius 2 is 2.17 bits per heavy atom. The molecule has 3 heteroatoms. The van der Waals surface area contributed by atoms with Crippen molar-refractivity contribution in [2.75, 3.05) is 11.9 Å². The quantitative estimate of drug-likeness (QED) is 0.883. The van der Waals surface area contributed by atoms with E-state index in [0.717, 1.165) is 35.8 Å². The summed E-state index contributed by atoms with van der Waals surface area (Å²) < 4.78 is 0. The number of fused-ring (bicyclic) bond motifs is 2. The minimum Gasteiger partial charge on any atom is -0.370 e. The summed E-state index contributed by atoms with van der Waals surface area (Å²) in [6.07, 6.45) is 7.52. The first-order valence-corrected chi connectivity index (χ1v) is 7.28. The molecule has 3 rings (SSSR count). The predicted molar refractivity (Wildman–Crippen MR) is 73.5 cm³/mol. The first-order valence-electron chi connectivity index (χ1n) is 7.28. The zero-order chi connectivity index (χ0) is 12.5. The van der Waals surface area contributed by atoms with Crippen LogP contribution < -0.4 is 5.32 Å². The maximum Gasteiger partial charge on any atom is 0.129 e. The standard InChI is InChI=1S/C15H23N3/c1-10(2)14-7-15(18-9-17-14)16-8-13-6-11-3-4-12(13)5-11/h7,9-13H,3-6,8H2,1-2H3,(H,16,17,18). The molecule has 1 aromatic rings. The fourth-order valence-corrected chi connectivity index (χ4v) is 3.65. The van der Waals surface area contributed by atoms with Crippen molar-refractivity contribution in [3.63, 3.8) is 0 Å². The third-order valence-electron chi connectivity index (χ3n) is 4.71. The van der Waals surface area contributed by atoms with Crippen LogP contribution >= 0.6 is 0 Å². The van der Waals surface area contributed by atoms with Gasteiger partial charge in [0.2, 0.25) is 0 Å². The average Bonchev–Trinajstić information content (AvgIpc) is 2.99. The smallest absolute Gasteiger partial charge is 0.129 e. The molecule has 2 saturated carbocycles. The molecule has 2 aliphatic rings. The number of aromatic nitrogens is 2. The highest BCUT2D eigenvalue weighted by atomic mass is 15.0. The molecule has 0 aromatic carbocycles. The lowest BCUT2D eigenvalue weighted by atomic mass is 9.89. The number of nitrogens with zero attached hydrogens (tertiary/aromatic N) is 2. The molecule has 98 valence electrons. The van der Waals surface area contributed by atoms with E-state index in [2.05, 4.69) is 35.2 Å². The lowest BCUT2D eigenvalue weighted by Gasteiger charge is -2.22. The molecule has 2 aliphatic carbocycles. The third-order valence-corrected chi connectivity index (χ3v) is 4.71. The molecule has 0 saturated heterocycles. The Balaban J connectivity index is 1.58. The van der Waals surface area contributed by atoms with Crippen LogP contribution in [0.1, 0.15) is 51.1 Å². The summed E-state index contributed by atoms with van der Waals surface area (Å²) in [7, 11) is 0. The Morgan fingerprint density at radius 3 is 2.83 bits per heavy atom. The van der Waals surface area contributed by atoms with Gasteiger partial charge in [0, 0.05) is 18.3 Å². The molecule has 3 unspecified atom stereocenters. The van der Waals surface area contributed by atoms with E-state index in [0.29, 0.717) is 5.92 Å². The van der Waals surface area contributed by atoms with Crippen LogP contribution in [-0.4, -0.2) is 16.5 Å². The summed E-state index contributed by atoms with van der Waals surface area (Å²) in [5, 5.41) is 3.52. The number of rotatable bonds is 4. The fraction of sp³-hybridized carbons (Fsp3) is 0.733. The normalized spacial score (nSPS) is 30.1. The van der Waals surface area contributed by atoms with Crippen LogP contribution in [0.15, 0.2) is 12.4 Å². The van der Waals surface area contributed by atoms with Gasteiger partial charge in [0.05, 0.1) is 0 Å². The average molecular weight is 245 g/mol. The molecule has 2 fully saturated rings. The van der Waals surface area contributed by atoms with Crippen molar-refractivity contribution < 1.29 is 0 Å². The molecule has 2 bridgehead atoms. The van der Waals surface area contributed by atoms with Crippen molar-refractivity contribution >= 4 is 5.82 Å². The van der Waals surface area contributed by atoms with Gasteiger partial charge < -0.3 is 5.32 Å². The third kappa shape index (κ3) is 2.36. The van der Waals surface area contributed by atoms with Crippen molar-refractivity contribution in [3.8, 4) is 0 Å². The number of anilines is 1. The number of hydrogen-bond donors (Lipinski definition) is 1. The molecule has 18 heavy (non-hydrogen) atoms. The zero-order valence-corrected chi connectivity index (χ0v) is 11.4. The van der Waals surface area contributed by atoms with Crippen LogP contribution in [0.2, 0.25) is 0 Å². The van der Waals surface area contributed by atoms with Crippen molar-refractivity contribution in [2.45, 2.75) is 45.4 Å². The van der Waals surface area contributed by atoms with Crippen LogP contribution in [0.3, 0.4) is 0 Å². The molecule has 1 aromatic heterocycles. The molecule has 0 amide bonds. The highest BCUT2D eigenvalue weighted by Crippen LogP contribution is 2.48. The maximum atomic E-state index is 4.32. The van der Waals surface area contributed by atoms with Gasteiger partial charge in [-0.3, -0.25) is 0 Å². The maximum absolute atomic E-state index is 4.32. The van der Waals surface area contributed by atoms with Crippen LogP contribution in [-0.2, 0) is 0 Å². The first-order chi connectivity index (χ1) is 8.72. The van der Waals surface area contributed by atoms with Crippen LogP contribution in [0, 0.1) is 17.8 Å². The Labute approximate surface area is 109 Å². The molecule has 3 nitrogen and oxygen atoms in total. The van der Waals surface area contributed by atoms with Crippen LogP contribution in [0.5, 0.6) is 0 Å². The monoisotopic (exact) mass is 245 g/mol. The van der Waals surface area contributed by atoms with E-state index in [9.17, 15) is 0 Å². The van der Waals surface area contributed by atoms with Gasteiger partial charge >= 0.3 is 0 Å². The fourth-order valence-electron chi connectivity index (χ4n) is 3.65. The molecule has 1 heterocycles. The van der Waals surface area contributed by atoms with Gasteiger partial charge in [-0.05, 0) is 42.9 Å². The highest BCUT2D eigenvalue weighted by molar-refractivity contribution is 5.35. The summed E-state index contributed by atoms with van der Waals surface area (Å²) in [4.78, 5) is 8.63. The Morgan fingerprint density at radius 1 is 1.28 bits per heavy atom. The van der Waals surface area contributed by atoms with Gasteiger partial charge in [-0.2, -0.15) is 0 Å². The van der Waals surface area contributed by atoms with E-state index < -0.39 is 0 Å². The van der Waals surface area contributed by atoms with Crippen LogP contribution in [0.25, 0.3) is 0 Å². The molecule has 3 atom stereocenters. The van der Waals surface area contributed by atoms with Crippen molar-refractivity contribution in [1.29, 1.82) is 0 Å². The Bertz CT molecular complexity index is 416. The number of nitrogens with one attached hydrogen (secondary N) is 1. The predicted octanol–water partition coefficient (Wildman–Crippen LogP) is 3.45. The lowest BCUT2D eigenvalue weighted by Crippen LogP contribution is -2.20. The van der Waals surface area contributed by atoms with E-state index in [1.807, 2.05) is 0 Å². The SMILES string of the molecule is CC(C)c1cc(NCC2CC3CCC2C3)ncn1. The summed E-state index contributed by atoms with van der Waals surface area (Å²) >= 11 is 0. The first kappa shape index (κ1) is 11.9. The van der Waals surface area contributed by atoms with Gasteiger partial charge in [-0.25, -0.2) is 9.97 Å². The van der Waals surface area contributed by atoms with Crippen molar-refractivity contribution in [3.05, 3.63) is 18.1 Å². The van der Waals surface area contributed by atoms with Crippen molar-refractivity contribution in [1.82, 2.24) is 9.97 Å². The van der Waals surface area contributed by atoms with E-state index in [4.69, 9.17) is 0 Å². The second kappa shape index (κ2) is 4.87. The molecular weight excluding hydrogens is 222 g/mol. The molecule has 0 spiro atoms. The summed E-state index contributed by atoms with van der Waals surface area (Å²) in [6, 6.07) is 2.10. The van der Waals surface area contributed by atoms with E-state index >= 15 is 0 Å². The summed E-state index contributed by atoms with van der Waals surface area (Å²) in [5.41, 5.74) is 1.13. The van der Waals surface area contributed by atoms with E-state index in [1.165, 1.54) is 25.7 Å². The number of hydrogen-bond acceptors (Lipinski definition) is 3. The van der Waals surface area contributed by atoms with Gasteiger partial charge in [0.25, 0.3) is 0 Å². The molecule has 0 radical (unpaired) electrons. The summed E-state index contributed by atoms with van der Waals surface area (Å²) in [5.74, 6) is 4.35. The highest BCUT2D eigenvalue weighted by Gasteiger charge is 2.39. The van der Waals surface area contributed by atoms with Gasteiger partial charge in [-0.15, -0.1) is 0 Å². The van der Waals surface area contributed by atoms with Crippen LogP contribution in [0.4, 0.5) is 5.82 Å². The minimum atomic E-state index is 0.469. The summed E-state index contributed by atoms with van der Waals surface area (Å²) in [6.45, 7) is 5.43. The zero-order valence-electron chi connectivity index (χ0n) is 11.4. The molecular formula is C15H23N3. The largest absolute Gasteiger partial charge is 0.370 e. The second-order valence-electron chi connectivity index (χ2n) is 6.30. The lowest BCUT2D eigenvalue weighted by molar-refractivity contribution is 0.348. The molecule has 0 aliphatic heterocycles. The van der Waals surface area contributed by atoms with Gasteiger partial charge in [0.15, 0.2) is 0 Å². The topological polar surface area (TPSA) is 37.8 Å². The van der Waals surface area contributed by atoms with E-state index in [-0.39, 0.29) is 0 Å².